The van der Waals surface area contributed by atoms with Gasteiger partial charge >= 0.3 is 0 Å². The number of nitrogens with two attached hydrogens (primary N) is 1. The summed E-state index contributed by atoms with van der Waals surface area (Å²) in [5.74, 6) is 1.18. The Hall–Kier alpha value is -1.67. The van der Waals surface area contributed by atoms with E-state index >= 15 is 0 Å². The molecule has 0 amide bonds. The summed E-state index contributed by atoms with van der Waals surface area (Å²) < 4.78 is 35.0. The zero-order valence-corrected chi connectivity index (χ0v) is 13.3. The zero-order chi connectivity index (χ0) is 15.6. The lowest BCUT2D eigenvalue weighted by molar-refractivity contribution is 0.354. The number of hydrogen-bond donors (Lipinski definition) is 1. The van der Waals surface area contributed by atoms with E-state index in [1.807, 2.05) is 6.07 Å². The van der Waals surface area contributed by atoms with Crippen molar-refractivity contribution < 1.29 is 17.9 Å². The monoisotopic (exact) mass is 315 g/mol. The Morgan fingerprint density at radius 2 is 1.57 bits per heavy atom. The van der Waals surface area contributed by atoms with E-state index in [4.69, 9.17) is 15.2 Å². The van der Waals surface area contributed by atoms with Gasteiger partial charge in [-0.2, -0.15) is 4.31 Å². The van der Waals surface area contributed by atoms with Gasteiger partial charge in [-0.15, -0.1) is 0 Å². The number of hydrogen-bond acceptors (Lipinski definition) is 6. The lowest BCUT2D eigenvalue weighted by Crippen LogP contribution is -2.48. The molecule has 118 valence electrons. The molecule has 1 heterocycles. The molecule has 0 aliphatic carbocycles. The first-order valence-corrected chi connectivity index (χ1v) is 8.43. The summed E-state index contributed by atoms with van der Waals surface area (Å²) in [5, 5.41) is 0. The highest BCUT2D eigenvalue weighted by Gasteiger charge is 2.25. The number of benzene rings is 1. The molecule has 1 saturated heterocycles. The van der Waals surface area contributed by atoms with E-state index in [1.54, 1.807) is 20.3 Å². The van der Waals surface area contributed by atoms with Crippen LogP contribution in [0.5, 0.6) is 11.5 Å². The Labute approximate surface area is 125 Å². The molecular weight excluding hydrogens is 294 g/mol. The van der Waals surface area contributed by atoms with E-state index in [0.717, 1.165) is 5.69 Å². The van der Waals surface area contributed by atoms with Crippen LogP contribution in [0.4, 0.5) is 11.4 Å². The largest absolute Gasteiger partial charge is 0.493 e. The summed E-state index contributed by atoms with van der Waals surface area (Å²) in [5.41, 5.74) is 7.48. The number of nitrogens with zero attached hydrogens (tertiary/aromatic N) is 2. The van der Waals surface area contributed by atoms with Crippen molar-refractivity contribution in [1.82, 2.24) is 4.31 Å². The van der Waals surface area contributed by atoms with Crippen molar-refractivity contribution in [3.8, 4) is 11.5 Å². The average Bonchev–Trinajstić information content (AvgIpc) is 2.46. The quantitative estimate of drug-likeness (QED) is 0.808. The summed E-state index contributed by atoms with van der Waals surface area (Å²) in [6.07, 6.45) is 1.23. The van der Waals surface area contributed by atoms with Crippen molar-refractivity contribution in [3.63, 3.8) is 0 Å². The van der Waals surface area contributed by atoms with Crippen LogP contribution >= 0.6 is 0 Å². The Kier molecular flexibility index (Phi) is 4.48. The second-order valence-corrected chi connectivity index (χ2v) is 6.90. The van der Waals surface area contributed by atoms with Gasteiger partial charge in [-0.05, 0) is 0 Å². The predicted molar refractivity (Wildman–Crippen MR) is 82.6 cm³/mol. The van der Waals surface area contributed by atoms with E-state index in [0.29, 0.717) is 43.4 Å². The number of piperazine rings is 1. The topological polar surface area (TPSA) is 85.1 Å². The third kappa shape index (κ3) is 3.33. The van der Waals surface area contributed by atoms with Crippen LogP contribution < -0.4 is 20.1 Å². The molecule has 1 fully saturated rings. The number of sulfonamides is 1. The van der Waals surface area contributed by atoms with Gasteiger partial charge in [-0.1, -0.05) is 0 Å². The molecule has 1 aliphatic heterocycles. The molecule has 2 N–H and O–H groups in total. The zero-order valence-electron chi connectivity index (χ0n) is 12.5. The minimum absolute atomic E-state index is 0.451. The Morgan fingerprint density at radius 3 is 2.05 bits per heavy atom. The molecule has 0 aromatic heterocycles. The van der Waals surface area contributed by atoms with Crippen molar-refractivity contribution in [2.45, 2.75) is 0 Å². The number of ether oxygens (including phenoxy) is 2. The van der Waals surface area contributed by atoms with Crippen LogP contribution in [0.2, 0.25) is 0 Å². The van der Waals surface area contributed by atoms with Crippen LogP contribution in [0.1, 0.15) is 0 Å². The van der Waals surface area contributed by atoms with Gasteiger partial charge in [0.15, 0.2) is 11.5 Å². The van der Waals surface area contributed by atoms with Crippen LogP contribution in [-0.2, 0) is 10.0 Å². The smallest absolute Gasteiger partial charge is 0.211 e. The Balaban J connectivity index is 2.20. The van der Waals surface area contributed by atoms with Gasteiger partial charge in [0.1, 0.15) is 0 Å². The summed E-state index contributed by atoms with van der Waals surface area (Å²) in [6.45, 7) is 2.08. The summed E-state index contributed by atoms with van der Waals surface area (Å²) in [7, 11) is -0.00813. The molecule has 2 rings (SSSR count). The first-order valence-electron chi connectivity index (χ1n) is 6.58. The summed E-state index contributed by atoms with van der Waals surface area (Å²) in [4.78, 5) is 2.05. The Bertz CT molecular complexity index is 610. The molecule has 0 spiro atoms. The highest BCUT2D eigenvalue weighted by Crippen LogP contribution is 2.37. The number of methoxy groups -OCH3 is 2. The number of nitrogen functional groups attached to an aromatic ring is 1. The molecule has 21 heavy (non-hydrogen) atoms. The SMILES string of the molecule is COc1cc(N)c(N2CCN(S(C)(=O)=O)CC2)cc1OC. The lowest BCUT2D eigenvalue weighted by Gasteiger charge is -2.35. The molecule has 1 aromatic carbocycles. The number of anilines is 2. The first kappa shape index (κ1) is 15.7. The molecule has 0 saturated carbocycles. The van der Waals surface area contributed by atoms with Gasteiger partial charge in [-0.25, -0.2) is 8.42 Å². The van der Waals surface area contributed by atoms with E-state index in [-0.39, 0.29) is 0 Å². The standard InChI is InChI=1S/C13H21N3O4S/c1-19-12-8-10(14)11(9-13(12)20-2)15-4-6-16(7-5-15)21(3,17)18/h8-9H,4-7,14H2,1-3H3. The normalized spacial score (nSPS) is 16.8. The van der Waals surface area contributed by atoms with Crippen LogP contribution in [0.25, 0.3) is 0 Å². The van der Waals surface area contributed by atoms with Gasteiger partial charge in [-0.3, -0.25) is 0 Å². The lowest BCUT2D eigenvalue weighted by atomic mass is 10.2. The van der Waals surface area contributed by atoms with Crippen LogP contribution in [0.15, 0.2) is 12.1 Å². The average molecular weight is 315 g/mol. The highest BCUT2D eigenvalue weighted by atomic mass is 32.2. The van der Waals surface area contributed by atoms with Crippen molar-refractivity contribution in [2.24, 2.45) is 0 Å². The number of rotatable bonds is 4. The molecule has 8 heteroatoms. The molecule has 1 aromatic rings. The fraction of sp³-hybridized carbons (Fsp3) is 0.538. The van der Waals surface area contributed by atoms with Crippen LogP contribution in [-0.4, -0.2) is 59.4 Å². The molecular formula is C13H21N3O4S. The van der Waals surface area contributed by atoms with Crippen LogP contribution in [0.3, 0.4) is 0 Å². The first-order chi connectivity index (χ1) is 9.86. The summed E-state index contributed by atoms with van der Waals surface area (Å²) >= 11 is 0. The van der Waals surface area contributed by atoms with Crippen molar-refractivity contribution in [3.05, 3.63) is 12.1 Å². The van der Waals surface area contributed by atoms with Gasteiger partial charge < -0.3 is 20.1 Å². The molecule has 0 bridgehead atoms. The third-order valence-corrected chi connectivity index (χ3v) is 4.88. The predicted octanol–water partition coefficient (Wildman–Crippen LogP) is 0.368. The van der Waals surface area contributed by atoms with Crippen molar-refractivity contribution >= 4 is 21.4 Å². The highest BCUT2D eigenvalue weighted by molar-refractivity contribution is 7.88. The van der Waals surface area contributed by atoms with E-state index in [2.05, 4.69) is 4.90 Å². The molecule has 0 radical (unpaired) electrons. The molecule has 0 atom stereocenters. The van der Waals surface area contributed by atoms with Crippen molar-refractivity contribution in [2.75, 3.05) is 57.3 Å². The minimum atomic E-state index is -3.13. The fourth-order valence-electron chi connectivity index (χ4n) is 2.42. The van der Waals surface area contributed by atoms with Gasteiger partial charge in [0.05, 0.1) is 31.9 Å². The van der Waals surface area contributed by atoms with Gasteiger partial charge in [0.25, 0.3) is 0 Å². The maximum absolute atomic E-state index is 11.5. The second-order valence-electron chi connectivity index (χ2n) is 4.92. The molecule has 7 nitrogen and oxygen atoms in total. The fourth-order valence-corrected chi connectivity index (χ4v) is 3.25. The van der Waals surface area contributed by atoms with Crippen LogP contribution in [0, 0.1) is 0 Å². The van der Waals surface area contributed by atoms with Gasteiger partial charge in [0.2, 0.25) is 10.0 Å². The minimum Gasteiger partial charge on any atom is -0.493 e. The maximum Gasteiger partial charge on any atom is 0.211 e. The van der Waals surface area contributed by atoms with E-state index in [9.17, 15) is 8.42 Å². The molecule has 1 aliphatic rings. The Morgan fingerprint density at radius 1 is 1.05 bits per heavy atom. The van der Waals surface area contributed by atoms with Crippen molar-refractivity contribution in [1.29, 1.82) is 0 Å². The second kappa shape index (κ2) is 5.98. The third-order valence-electron chi connectivity index (χ3n) is 3.58. The van der Waals surface area contributed by atoms with Gasteiger partial charge in [0, 0.05) is 38.3 Å². The van der Waals surface area contributed by atoms with E-state index in [1.165, 1.54) is 10.6 Å². The van der Waals surface area contributed by atoms with E-state index < -0.39 is 10.0 Å². The molecule has 0 unspecified atom stereocenters. The maximum atomic E-state index is 11.5. The summed E-state index contributed by atoms with van der Waals surface area (Å²) in [6, 6.07) is 3.54.